The first kappa shape index (κ1) is 15.8. The SMILES string of the molecule is C[C@H]1CCCN(C(=O)c2ccc(C(F)(F)F)cc2)[C@@H]1CN. The number of likely N-dealkylation sites (tertiary alicyclic amines) is 1. The second kappa shape index (κ2) is 6.05. The van der Waals surface area contributed by atoms with Crippen LogP contribution in [0.5, 0.6) is 0 Å². The molecule has 0 saturated carbocycles. The van der Waals surface area contributed by atoms with Crippen molar-refractivity contribution in [3.8, 4) is 0 Å². The summed E-state index contributed by atoms with van der Waals surface area (Å²) in [6, 6.07) is 4.31. The monoisotopic (exact) mass is 300 g/mol. The molecule has 0 aromatic heterocycles. The van der Waals surface area contributed by atoms with Crippen molar-refractivity contribution >= 4 is 5.91 Å². The number of rotatable bonds is 2. The van der Waals surface area contributed by atoms with E-state index in [-0.39, 0.29) is 17.5 Å². The van der Waals surface area contributed by atoms with E-state index in [0.717, 1.165) is 25.0 Å². The third-order valence-electron chi connectivity index (χ3n) is 4.08. The lowest BCUT2D eigenvalue weighted by Crippen LogP contribution is -2.51. The van der Waals surface area contributed by atoms with E-state index in [0.29, 0.717) is 19.0 Å². The van der Waals surface area contributed by atoms with Crippen LogP contribution in [0, 0.1) is 5.92 Å². The predicted molar refractivity (Wildman–Crippen MR) is 73.7 cm³/mol. The topological polar surface area (TPSA) is 46.3 Å². The predicted octanol–water partition coefficient (Wildman–Crippen LogP) is 2.90. The Balaban J connectivity index is 2.19. The average molecular weight is 300 g/mol. The normalized spacial score (nSPS) is 23.2. The number of alkyl halides is 3. The van der Waals surface area contributed by atoms with E-state index in [4.69, 9.17) is 5.73 Å². The van der Waals surface area contributed by atoms with Gasteiger partial charge in [0.15, 0.2) is 0 Å². The molecule has 1 aromatic rings. The van der Waals surface area contributed by atoms with Crippen molar-refractivity contribution in [3.63, 3.8) is 0 Å². The fraction of sp³-hybridized carbons (Fsp3) is 0.533. The highest BCUT2D eigenvalue weighted by Gasteiger charge is 2.33. The van der Waals surface area contributed by atoms with Crippen LogP contribution in [0.2, 0.25) is 0 Å². The van der Waals surface area contributed by atoms with Gasteiger partial charge >= 0.3 is 6.18 Å². The summed E-state index contributed by atoms with van der Waals surface area (Å²) in [6.45, 7) is 3.02. The molecule has 6 heteroatoms. The Kier molecular flexibility index (Phi) is 4.56. The number of halogens is 3. The Morgan fingerprint density at radius 1 is 1.33 bits per heavy atom. The van der Waals surface area contributed by atoms with E-state index < -0.39 is 11.7 Å². The van der Waals surface area contributed by atoms with Crippen molar-refractivity contribution in [3.05, 3.63) is 35.4 Å². The molecule has 1 aliphatic heterocycles. The lowest BCUT2D eigenvalue weighted by atomic mass is 9.90. The Bertz CT molecular complexity index is 499. The fourth-order valence-electron chi connectivity index (χ4n) is 2.83. The van der Waals surface area contributed by atoms with Crippen molar-refractivity contribution < 1.29 is 18.0 Å². The first-order valence-corrected chi connectivity index (χ1v) is 7.03. The highest BCUT2D eigenvalue weighted by Crippen LogP contribution is 2.30. The van der Waals surface area contributed by atoms with Crippen LogP contribution in [0.3, 0.4) is 0 Å². The van der Waals surface area contributed by atoms with E-state index in [1.165, 1.54) is 12.1 Å². The number of nitrogens with zero attached hydrogens (tertiary/aromatic N) is 1. The third-order valence-corrected chi connectivity index (χ3v) is 4.08. The van der Waals surface area contributed by atoms with Gasteiger partial charge in [0, 0.05) is 24.7 Å². The van der Waals surface area contributed by atoms with Crippen LogP contribution in [-0.2, 0) is 6.18 Å². The molecule has 0 radical (unpaired) electrons. The van der Waals surface area contributed by atoms with Gasteiger partial charge in [0.1, 0.15) is 0 Å². The van der Waals surface area contributed by atoms with Crippen molar-refractivity contribution in [2.75, 3.05) is 13.1 Å². The number of hydrogen-bond acceptors (Lipinski definition) is 2. The van der Waals surface area contributed by atoms with E-state index >= 15 is 0 Å². The van der Waals surface area contributed by atoms with Crippen LogP contribution in [0.1, 0.15) is 35.7 Å². The second-order valence-electron chi connectivity index (χ2n) is 5.50. The highest BCUT2D eigenvalue weighted by molar-refractivity contribution is 5.94. The van der Waals surface area contributed by atoms with Gasteiger partial charge in [0.25, 0.3) is 5.91 Å². The summed E-state index contributed by atoms with van der Waals surface area (Å²) in [5, 5.41) is 0. The third kappa shape index (κ3) is 3.37. The van der Waals surface area contributed by atoms with Crippen LogP contribution in [0.15, 0.2) is 24.3 Å². The maximum Gasteiger partial charge on any atom is 0.416 e. The zero-order valence-corrected chi connectivity index (χ0v) is 11.9. The Hall–Kier alpha value is -1.56. The lowest BCUT2D eigenvalue weighted by molar-refractivity contribution is -0.137. The van der Waals surface area contributed by atoms with Gasteiger partial charge < -0.3 is 10.6 Å². The van der Waals surface area contributed by atoms with Crippen LogP contribution in [-0.4, -0.2) is 29.9 Å². The van der Waals surface area contributed by atoms with Crippen LogP contribution in [0.25, 0.3) is 0 Å². The maximum atomic E-state index is 12.5. The minimum Gasteiger partial charge on any atom is -0.334 e. The first-order chi connectivity index (χ1) is 9.84. The van der Waals surface area contributed by atoms with Gasteiger partial charge in [-0.15, -0.1) is 0 Å². The number of nitrogens with two attached hydrogens (primary N) is 1. The number of benzene rings is 1. The molecule has 1 saturated heterocycles. The number of amides is 1. The van der Waals surface area contributed by atoms with Gasteiger partial charge in [0.2, 0.25) is 0 Å². The zero-order valence-electron chi connectivity index (χ0n) is 11.9. The molecular formula is C15H19F3N2O. The molecule has 2 rings (SSSR count). The van der Waals surface area contributed by atoms with E-state index in [9.17, 15) is 18.0 Å². The van der Waals surface area contributed by atoms with Crippen molar-refractivity contribution in [2.24, 2.45) is 11.7 Å². The molecule has 1 heterocycles. The minimum absolute atomic E-state index is 0.0476. The molecule has 1 amide bonds. The number of carbonyl (C=O) groups is 1. The minimum atomic E-state index is -4.39. The average Bonchev–Trinajstić information content (AvgIpc) is 2.45. The smallest absolute Gasteiger partial charge is 0.334 e. The second-order valence-corrected chi connectivity index (χ2v) is 5.50. The molecule has 0 aliphatic carbocycles. The van der Waals surface area contributed by atoms with Gasteiger partial charge in [-0.1, -0.05) is 6.92 Å². The molecule has 2 atom stereocenters. The Morgan fingerprint density at radius 3 is 2.48 bits per heavy atom. The fourth-order valence-corrected chi connectivity index (χ4v) is 2.83. The number of carbonyl (C=O) groups excluding carboxylic acids is 1. The van der Waals surface area contributed by atoms with Crippen molar-refractivity contribution in [1.29, 1.82) is 0 Å². The number of piperidine rings is 1. The van der Waals surface area contributed by atoms with Gasteiger partial charge in [-0.05, 0) is 43.0 Å². The van der Waals surface area contributed by atoms with Gasteiger partial charge in [-0.2, -0.15) is 13.2 Å². The molecule has 0 unspecified atom stereocenters. The lowest BCUT2D eigenvalue weighted by Gasteiger charge is -2.39. The van der Waals surface area contributed by atoms with E-state index in [1.807, 2.05) is 6.92 Å². The molecule has 3 nitrogen and oxygen atoms in total. The summed E-state index contributed by atoms with van der Waals surface area (Å²) >= 11 is 0. The zero-order chi connectivity index (χ0) is 15.6. The summed E-state index contributed by atoms with van der Waals surface area (Å²) in [7, 11) is 0. The Labute approximate surface area is 121 Å². The van der Waals surface area contributed by atoms with Crippen molar-refractivity contribution in [1.82, 2.24) is 4.90 Å². The molecule has 1 fully saturated rings. The summed E-state index contributed by atoms with van der Waals surface area (Å²) < 4.78 is 37.6. The molecule has 1 aromatic carbocycles. The maximum absolute atomic E-state index is 12.5. The van der Waals surface area contributed by atoms with Crippen LogP contribution in [0.4, 0.5) is 13.2 Å². The molecule has 2 N–H and O–H groups in total. The summed E-state index contributed by atoms with van der Waals surface area (Å²) in [5.41, 5.74) is 5.26. The van der Waals surface area contributed by atoms with Crippen LogP contribution < -0.4 is 5.73 Å². The Morgan fingerprint density at radius 2 is 1.95 bits per heavy atom. The summed E-state index contributed by atoms with van der Waals surface area (Å²) in [5.74, 6) is 0.0628. The van der Waals surface area contributed by atoms with E-state index in [2.05, 4.69) is 0 Å². The molecule has 0 bridgehead atoms. The molecule has 21 heavy (non-hydrogen) atoms. The van der Waals surface area contributed by atoms with Crippen molar-refractivity contribution in [2.45, 2.75) is 32.0 Å². The van der Waals surface area contributed by atoms with Gasteiger partial charge in [-0.25, -0.2) is 0 Å². The number of hydrogen-bond donors (Lipinski definition) is 1. The molecular weight excluding hydrogens is 281 g/mol. The quantitative estimate of drug-likeness (QED) is 0.913. The largest absolute Gasteiger partial charge is 0.416 e. The van der Waals surface area contributed by atoms with E-state index in [1.54, 1.807) is 4.90 Å². The highest BCUT2D eigenvalue weighted by atomic mass is 19.4. The summed E-state index contributed by atoms with van der Waals surface area (Å²) in [6.07, 6.45) is -2.48. The van der Waals surface area contributed by atoms with Gasteiger partial charge in [-0.3, -0.25) is 4.79 Å². The summed E-state index contributed by atoms with van der Waals surface area (Å²) in [4.78, 5) is 14.2. The first-order valence-electron chi connectivity index (χ1n) is 7.03. The van der Waals surface area contributed by atoms with Crippen LogP contribution >= 0.6 is 0 Å². The molecule has 116 valence electrons. The molecule has 0 spiro atoms. The standard InChI is InChI=1S/C15H19F3N2O/c1-10-3-2-8-20(13(10)9-19)14(21)11-4-6-12(7-5-11)15(16,17)18/h4-7,10,13H,2-3,8-9,19H2,1H3/t10-,13+/m0/s1. The molecule has 1 aliphatic rings. The van der Waals surface area contributed by atoms with Gasteiger partial charge in [0.05, 0.1) is 5.56 Å².